The minimum absolute atomic E-state index is 0.311. The number of hydrogen-bond acceptors (Lipinski definition) is 4. The number of anilines is 2. The number of aromatic nitrogens is 2. The van der Waals surface area contributed by atoms with Crippen LogP contribution < -0.4 is 21.9 Å². The van der Waals surface area contributed by atoms with E-state index in [4.69, 9.17) is 0 Å². The van der Waals surface area contributed by atoms with Crippen molar-refractivity contribution >= 4 is 28.2 Å². The molecule has 1 heterocycles. The first-order valence-corrected chi connectivity index (χ1v) is 9.98. The summed E-state index contributed by atoms with van der Waals surface area (Å²) in [4.78, 5) is 41.0. The molecule has 0 aliphatic carbocycles. The summed E-state index contributed by atoms with van der Waals surface area (Å²) in [5.74, 6) is -0.335. The van der Waals surface area contributed by atoms with Crippen LogP contribution in [-0.4, -0.2) is 22.0 Å². The molecule has 156 valence electrons. The normalized spacial score (nSPS) is 10.8. The molecule has 1 aromatic heterocycles. The molecule has 7 heteroatoms. The summed E-state index contributed by atoms with van der Waals surface area (Å²) in [6.07, 6.45) is 0. The monoisotopic (exact) mass is 414 g/mol. The van der Waals surface area contributed by atoms with Crippen LogP contribution in [0.5, 0.6) is 0 Å². The molecule has 0 radical (unpaired) electrons. The highest BCUT2D eigenvalue weighted by molar-refractivity contribution is 6.07. The summed E-state index contributed by atoms with van der Waals surface area (Å²) < 4.78 is 1.08. The van der Waals surface area contributed by atoms with Gasteiger partial charge in [0.15, 0.2) is 0 Å². The van der Waals surface area contributed by atoms with Gasteiger partial charge in [0.25, 0.3) is 11.5 Å². The predicted molar refractivity (Wildman–Crippen MR) is 123 cm³/mol. The predicted octanol–water partition coefficient (Wildman–Crippen LogP) is 3.67. The molecular formula is C24H22N4O3. The number of aromatic amines is 1. The zero-order valence-electron chi connectivity index (χ0n) is 17.2. The Morgan fingerprint density at radius 3 is 2.48 bits per heavy atom. The van der Waals surface area contributed by atoms with E-state index in [0.29, 0.717) is 27.8 Å². The Morgan fingerprint density at radius 2 is 1.74 bits per heavy atom. The maximum absolute atomic E-state index is 12.9. The topological polar surface area (TPSA) is 96.0 Å². The van der Waals surface area contributed by atoms with Crippen LogP contribution in [0.2, 0.25) is 0 Å². The number of fused-ring (bicyclic) bond motifs is 1. The summed E-state index contributed by atoms with van der Waals surface area (Å²) in [5, 5.41) is 6.45. The first-order valence-electron chi connectivity index (χ1n) is 9.98. The van der Waals surface area contributed by atoms with E-state index in [9.17, 15) is 14.4 Å². The quantitative estimate of drug-likeness (QED) is 0.464. The van der Waals surface area contributed by atoms with E-state index in [2.05, 4.69) is 15.6 Å². The second kappa shape index (κ2) is 8.31. The van der Waals surface area contributed by atoms with Crippen molar-refractivity contribution in [2.45, 2.75) is 13.8 Å². The van der Waals surface area contributed by atoms with Crippen molar-refractivity contribution in [1.82, 2.24) is 9.55 Å². The van der Waals surface area contributed by atoms with E-state index >= 15 is 0 Å². The number of hydrogen-bond donors (Lipinski definition) is 3. The van der Waals surface area contributed by atoms with Gasteiger partial charge in [-0.15, -0.1) is 0 Å². The number of aryl methyl sites for hydroxylation is 1. The summed E-state index contributed by atoms with van der Waals surface area (Å²) >= 11 is 0. The van der Waals surface area contributed by atoms with Gasteiger partial charge in [-0.3, -0.25) is 9.59 Å². The van der Waals surface area contributed by atoms with E-state index < -0.39 is 11.2 Å². The van der Waals surface area contributed by atoms with Gasteiger partial charge in [-0.1, -0.05) is 24.3 Å². The number of para-hydroxylation sites is 1. The maximum Gasteiger partial charge on any atom is 0.333 e. The number of nitrogens with one attached hydrogen (secondary N) is 3. The molecule has 0 saturated heterocycles. The molecule has 4 rings (SSSR count). The molecule has 0 fully saturated rings. The number of rotatable bonds is 5. The molecule has 3 N–H and O–H groups in total. The minimum Gasteiger partial charge on any atom is -0.384 e. The maximum atomic E-state index is 12.9. The van der Waals surface area contributed by atoms with Crippen LogP contribution in [0.15, 0.2) is 76.3 Å². The van der Waals surface area contributed by atoms with Crippen LogP contribution in [0.3, 0.4) is 0 Å². The third kappa shape index (κ3) is 3.98. The highest BCUT2D eigenvalue weighted by atomic mass is 16.2. The average Bonchev–Trinajstić information content (AvgIpc) is 2.76. The Labute approximate surface area is 178 Å². The molecular weight excluding hydrogens is 392 g/mol. The molecule has 1 amide bonds. The van der Waals surface area contributed by atoms with Gasteiger partial charge >= 0.3 is 5.69 Å². The fourth-order valence-corrected chi connectivity index (χ4v) is 3.47. The van der Waals surface area contributed by atoms with Crippen molar-refractivity contribution < 1.29 is 4.79 Å². The van der Waals surface area contributed by atoms with E-state index in [-0.39, 0.29) is 5.91 Å². The summed E-state index contributed by atoms with van der Waals surface area (Å²) in [7, 11) is 0. The Morgan fingerprint density at radius 1 is 0.968 bits per heavy atom. The van der Waals surface area contributed by atoms with Crippen LogP contribution in [0, 0.1) is 6.92 Å². The number of H-pyrrole nitrogens is 1. The van der Waals surface area contributed by atoms with Gasteiger partial charge in [0, 0.05) is 12.1 Å². The van der Waals surface area contributed by atoms with E-state index in [1.807, 2.05) is 38.1 Å². The molecule has 0 aliphatic rings. The Kier molecular flexibility index (Phi) is 5.41. The lowest BCUT2D eigenvalue weighted by Gasteiger charge is -2.13. The SMILES string of the molecule is CCNc1cc(C)ccc1NC(=O)c1ccc2c(=O)n(-c3ccccc3)c(=O)[nH]c2c1. The number of amides is 1. The smallest absolute Gasteiger partial charge is 0.333 e. The summed E-state index contributed by atoms with van der Waals surface area (Å²) in [6.45, 7) is 4.68. The van der Waals surface area contributed by atoms with Crippen LogP contribution in [-0.2, 0) is 0 Å². The summed E-state index contributed by atoms with van der Waals surface area (Å²) in [5.41, 5.74) is 2.69. The lowest BCUT2D eigenvalue weighted by Crippen LogP contribution is -2.33. The van der Waals surface area contributed by atoms with Crippen molar-refractivity contribution in [2.24, 2.45) is 0 Å². The van der Waals surface area contributed by atoms with Gasteiger partial charge in [-0.05, 0) is 61.9 Å². The van der Waals surface area contributed by atoms with E-state index in [1.54, 1.807) is 36.4 Å². The van der Waals surface area contributed by atoms with Gasteiger partial charge in [-0.2, -0.15) is 0 Å². The first kappa shape index (κ1) is 20.2. The van der Waals surface area contributed by atoms with Gasteiger partial charge in [-0.25, -0.2) is 9.36 Å². The molecule has 0 atom stereocenters. The molecule has 0 bridgehead atoms. The molecule has 0 spiro atoms. The third-order valence-corrected chi connectivity index (χ3v) is 4.96. The average molecular weight is 414 g/mol. The van der Waals surface area contributed by atoms with Gasteiger partial charge in [0.2, 0.25) is 0 Å². The number of benzene rings is 3. The molecule has 31 heavy (non-hydrogen) atoms. The molecule has 4 aromatic rings. The Hall–Kier alpha value is -4.13. The van der Waals surface area contributed by atoms with Crippen molar-refractivity contribution in [3.63, 3.8) is 0 Å². The van der Waals surface area contributed by atoms with E-state index in [1.165, 1.54) is 6.07 Å². The van der Waals surface area contributed by atoms with Crippen LogP contribution in [0.25, 0.3) is 16.6 Å². The number of nitrogens with zero attached hydrogens (tertiary/aromatic N) is 1. The Balaban J connectivity index is 1.71. The van der Waals surface area contributed by atoms with E-state index in [0.717, 1.165) is 22.4 Å². The molecule has 3 aromatic carbocycles. The van der Waals surface area contributed by atoms with Gasteiger partial charge in [0.1, 0.15) is 0 Å². The molecule has 0 saturated carbocycles. The number of carbonyl (C=O) groups excluding carboxylic acids is 1. The molecule has 0 aliphatic heterocycles. The summed E-state index contributed by atoms with van der Waals surface area (Å²) in [6, 6.07) is 19.1. The molecule has 7 nitrogen and oxygen atoms in total. The fraction of sp³-hybridized carbons (Fsp3) is 0.125. The van der Waals surface area contributed by atoms with Crippen molar-refractivity contribution in [1.29, 1.82) is 0 Å². The second-order valence-corrected chi connectivity index (χ2v) is 7.20. The molecule has 0 unspecified atom stereocenters. The highest BCUT2D eigenvalue weighted by Gasteiger charge is 2.14. The lowest BCUT2D eigenvalue weighted by atomic mass is 10.1. The van der Waals surface area contributed by atoms with Gasteiger partial charge < -0.3 is 15.6 Å². The van der Waals surface area contributed by atoms with Crippen LogP contribution >= 0.6 is 0 Å². The first-order chi connectivity index (χ1) is 15.0. The lowest BCUT2D eigenvalue weighted by molar-refractivity contribution is 0.102. The van der Waals surface area contributed by atoms with Crippen LogP contribution in [0.4, 0.5) is 11.4 Å². The van der Waals surface area contributed by atoms with Crippen molar-refractivity contribution in [3.05, 3.63) is 98.7 Å². The largest absolute Gasteiger partial charge is 0.384 e. The third-order valence-electron chi connectivity index (χ3n) is 4.96. The highest BCUT2D eigenvalue weighted by Crippen LogP contribution is 2.24. The van der Waals surface area contributed by atoms with Crippen molar-refractivity contribution in [2.75, 3.05) is 17.2 Å². The van der Waals surface area contributed by atoms with Crippen LogP contribution in [0.1, 0.15) is 22.8 Å². The number of carbonyl (C=O) groups is 1. The minimum atomic E-state index is -0.561. The van der Waals surface area contributed by atoms with Crippen molar-refractivity contribution in [3.8, 4) is 5.69 Å². The second-order valence-electron chi connectivity index (χ2n) is 7.20. The zero-order chi connectivity index (χ0) is 22.0. The Bertz CT molecular complexity index is 1390. The zero-order valence-corrected chi connectivity index (χ0v) is 17.2. The van der Waals surface area contributed by atoms with Gasteiger partial charge in [0.05, 0.1) is 28.0 Å². The fourth-order valence-electron chi connectivity index (χ4n) is 3.47. The standard InChI is InChI=1S/C24H22N4O3/c1-3-25-21-13-15(2)9-12-19(21)26-22(29)16-10-11-18-20(14-16)27-24(31)28(23(18)30)17-7-5-4-6-8-17/h4-14,25H,3H2,1-2H3,(H,26,29)(H,27,31).